The molecule has 1 aromatic rings. The maximum Gasteiger partial charge on any atom is 0.124 e. The van der Waals surface area contributed by atoms with E-state index in [1.807, 2.05) is 0 Å². The molecule has 0 bridgehead atoms. The number of hydrogen-bond acceptors (Lipinski definition) is 3. The molecular weight excluding hydrogens is 358 g/mol. The summed E-state index contributed by atoms with van der Waals surface area (Å²) in [5, 5.41) is 0. The summed E-state index contributed by atoms with van der Waals surface area (Å²) < 4.78 is 32.3. The van der Waals surface area contributed by atoms with E-state index in [0.29, 0.717) is 0 Å². The van der Waals surface area contributed by atoms with Gasteiger partial charge in [0.1, 0.15) is 10.1 Å². The molecule has 0 aliphatic heterocycles. The lowest BCUT2D eigenvalue weighted by atomic mass is 10.1. The molecule has 27 heavy (non-hydrogen) atoms. The van der Waals surface area contributed by atoms with Gasteiger partial charge in [-0.05, 0) is 37.8 Å². The van der Waals surface area contributed by atoms with E-state index in [-0.39, 0.29) is 4.90 Å². The van der Waals surface area contributed by atoms with E-state index < -0.39 is 10.1 Å². The highest BCUT2D eigenvalue weighted by atomic mass is 32.2. The lowest BCUT2D eigenvalue weighted by Crippen LogP contribution is -2.50. The molecule has 0 unspecified atom stereocenters. The van der Waals surface area contributed by atoms with Gasteiger partial charge in [0.25, 0.3) is 0 Å². The summed E-state index contributed by atoms with van der Waals surface area (Å²) >= 11 is 0. The topological polar surface area (TPSA) is 57.2 Å². The van der Waals surface area contributed by atoms with Crippen molar-refractivity contribution in [2.45, 2.75) is 84.0 Å². The number of benzene rings is 1. The van der Waals surface area contributed by atoms with E-state index in [1.54, 1.807) is 6.07 Å². The normalized spacial score (nSPS) is 11.7. The van der Waals surface area contributed by atoms with Gasteiger partial charge in [0.2, 0.25) is 0 Å². The molecule has 0 saturated carbocycles. The summed E-state index contributed by atoms with van der Waals surface area (Å²) in [6, 6.07) is 7.19. The lowest BCUT2D eigenvalue weighted by molar-refractivity contribution is -0.929. The summed E-state index contributed by atoms with van der Waals surface area (Å²) in [7, 11) is -4.25. The summed E-state index contributed by atoms with van der Waals surface area (Å²) in [4.78, 5) is -0.185. The molecule has 0 fully saturated rings. The average molecular weight is 400 g/mol. The van der Waals surface area contributed by atoms with Crippen LogP contribution in [0, 0.1) is 0 Å². The van der Waals surface area contributed by atoms with Gasteiger partial charge in [-0.3, -0.25) is 0 Å². The fourth-order valence-electron chi connectivity index (χ4n) is 3.23. The molecule has 0 saturated heterocycles. The second-order valence-corrected chi connectivity index (χ2v) is 8.80. The standard InChI is InChI=1S/C16H36N.C6H6O3S/c1-5-9-13-17(14-10-6-2,15-11-7-3)16-12-8-4;7-10(8,9)6-4-2-1-3-5-6/h5-16H2,1-4H3;1-5H,(H,7,8,9)/q+1;/p-1. The number of unbranched alkanes of at least 4 members (excludes halogenated alkanes) is 4. The maximum absolute atomic E-state index is 10.3. The minimum Gasteiger partial charge on any atom is -0.744 e. The number of rotatable bonds is 13. The van der Waals surface area contributed by atoms with E-state index in [1.165, 1.54) is 106 Å². The number of quaternary nitrogens is 1. The average Bonchev–Trinajstić information content (AvgIpc) is 2.67. The Hall–Kier alpha value is -0.910. The molecule has 158 valence electrons. The molecule has 0 amide bonds. The first-order valence-electron chi connectivity index (χ1n) is 10.7. The summed E-state index contributed by atoms with van der Waals surface area (Å²) in [6.45, 7) is 15.0. The SMILES string of the molecule is CCCC[N+](CCCC)(CCCC)CCCC.O=S(=O)([O-])c1ccccc1. The Balaban J connectivity index is 0.000000569. The zero-order valence-electron chi connectivity index (χ0n) is 18.0. The van der Waals surface area contributed by atoms with Crippen molar-refractivity contribution in [3.8, 4) is 0 Å². The van der Waals surface area contributed by atoms with Gasteiger partial charge in [-0.15, -0.1) is 0 Å². The summed E-state index contributed by atoms with van der Waals surface area (Å²) in [5.74, 6) is 0. The van der Waals surface area contributed by atoms with Crippen LogP contribution in [0.25, 0.3) is 0 Å². The van der Waals surface area contributed by atoms with Gasteiger partial charge in [0.05, 0.1) is 31.1 Å². The van der Waals surface area contributed by atoms with Crippen LogP contribution < -0.4 is 0 Å². The van der Waals surface area contributed by atoms with Gasteiger partial charge in [-0.2, -0.15) is 0 Å². The summed E-state index contributed by atoms with van der Waals surface area (Å²) in [6.07, 6.45) is 11.1. The van der Waals surface area contributed by atoms with Crippen molar-refractivity contribution in [1.82, 2.24) is 0 Å². The van der Waals surface area contributed by atoms with Crippen molar-refractivity contribution in [3.63, 3.8) is 0 Å². The van der Waals surface area contributed by atoms with Crippen molar-refractivity contribution in [1.29, 1.82) is 0 Å². The van der Waals surface area contributed by atoms with Crippen LogP contribution in [0.1, 0.15) is 79.1 Å². The molecule has 0 radical (unpaired) electrons. The van der Waals surface area contributed by atoms with Crippen LogP contribution in [0.2, 0.25) is 0 Å². The van der Waals surface area contributed by atoms with Gasteiger partial charge >= 0.3 is 0 Å². The third kappa shape index (κ3) is 12.2. The number of hydrogen-bond donors (Lipinski definition) is 0. The first-order valence-corrected chi connectivity index (χ1v) is 12.1. The molecular formula is C22H41NO3S. The zero-order valence-corrected chi connectivity index (χ0v) is 18.8. The van der Waals surface area contributed by atoms with E-state index in [0.717, 1.165) is 0 Å². The Kier molecular flexibility index (Phi) is 14.6. The quantitative estimate of drug-likeness (QED) is 0.321. The van der Waals surface area contributed by atoms with Crippen LogP contribution in [0.5, 0.6) is 0 Å². The second kappa shape index (κ2) is 15.1. The first kappa shape index (κ1) is 26.1. The van der Waals surface area contributed by atoms with Crippen LogP contribution in [0.15, 0.2) is 35.2 Å². The molecule has 0 atom stereocenters. The monoisotopic (exact) mass is 399 g/mol. The van der Waals surface area contributed by atoms with Gasteiger partial charge in [-0.25, -0.2) is 8.42 Å². The van der Waals surface area contributed by atoms with Gasteiger partial charge in [-0.1, -0.05) is 71.6 Å². The molecule has 0 aromatic heterocycles. The van der Waals surface area contributed by atoms with Crippen LogP contribution in [-0.2, 0) is 10.1 Å². The largest absolute Gasteiger partial charge is 0.744 e. The molecule has 1 aromatic carbocycles. The van der Waals surface area contributed by atoms with Crippen molar-refractivity contribution in [3.05, 3.63) is 30.3 Å². The van der Waals surface area contributed by atoms with Gasteiger partial charge < -0.3 is 9.04 Å². The lowest BCUT2D eigenvalue weighted by Gasteiger charge is -2.39. The van der Waals surface area contributed by atoms with Crippen LogP contribution in [0.3, 0.4) is 0 Å². The molecule has 0 heterocycles. The van der Waals surface area contributed by atoms with Crippen LogP contribution in [-0.4, -0.2) is 43.6 Å². The molecule has 1 rings (SSSR count). The predicted molar refractivity (Wildman–Crippen MR) is 114 cm³/mol. The molecule has 0 aliphatic rings. The van der Waals surface area contributed by atoms with Gasteiger partial charge in [0.15, 0.2) is 0 Å². The Morgan fingerprint density at radius 2 is 1.04 bits per heavy atom. The van der Waals surface area contributed by atoms with Crippen molar-refractivity contribution < 1.29 is 17.5 Å². The molecule has 0 aliphatic carbocycles. The van der Waals surface area contributed by atoms with Crippen LogP contribution in [0.4, 0.5) is 0 Å². The molecule has 4 nitrogen and oxygen atoms in total. The van der Waals surface area contributed by atoms with Crippen LogP contribution >= 0.6 is 0 Å². The predicted octanol–water partition coefficient (Wildman–Crippen LogP) is 5.59. The van der Waals surface area contributed by atoms with Gasteiger partial charge in [0, 0.05) is 0 Å². The van der Waals surface area contributed by atoms with E-state index in [2.05, 4.69) is 27.7 Å². The van der Waals surface area contributed by atoms with E-state index in [4.69, 9.17) is 0 Å². The Bertz CT molecular complexity index is 521. The third-order valence-electron chi connectivity index (χ3n) is 4.98. The Labute approximate surface area is 168 Å². The van der Waals surface area contributed by atoms with E-state index in [9.17, 15) is 13.0 Å². The molecule has 0 N–H and O–H groups in total. The third-order valence-corrected chi connectivity index (χ3v) is 5.83. The smallest absolute Gasteiger partial charge is 0.124 e. The zero-order chi connectivity index (χ0) is 20.6. The molecule has 0 spiro atoms. The number of nitrogens with zero attached hydrogens (tertiary/aromatic N) is 1. The fourth-order valence-corrected chi connectivity index (χ4v) is 3.72. The molecule has 5 heteroatoms. The van der Waals surface area contributed by atoms with Crippen molar-refractivity contribution in [2.75, 3.05) is 26.2 Å². The highest BCUT2D eigenvalue weighted by molar-refractivity contribution is 7.85. The van der Waals surface area contributed by atoms with Crippen molar-refractivity contribution >= 4 is 10.1 Å². The maximum atomic E-state index is 10.3. The second-order valence-electron chi connectivity index (χ2n) is 7.42. The minimum atomic E-state index is -4.25. The fraction of sp³-hybridized carbons (Fsp3) is 0.727. The minimum absolute atomic E-state index is 0.185. The Morgan fingerprint density at radius 1 is 0.704 bits per heavy atom. The highest BCUT2D eigenvalue weighted by Gasteiger charge is 2.24. The highest BCUT2D eigenvalue weighted by Crippen LogP contribution is 2.16. The van der Waals surface area contributed by atoms with E-state index >= 15 is 0 Å². The summed E-state index contributed by atoms with van der Waals surface area (Å²) in [5.41, 5.74) is 0. The Morgan fingerprint density at radius 3 is 1.26 bits per heavy atom. The first-order chi connectivity index (χ1) is 12.8. The van der Waals surface area contributed by atoms with Crippen molar-refractivity contribution in [2.24, 2.45) is 0 Å².